The summed E-state index contributed by atoms with van der Waals surface area (Å²) in [6.45, 7) is 1.78. The fourth-order valence-electron chi connectivity index (χ4n) is 1.21. The summed E-state index contributed by atoms with van der Waals surface area (Å²) in [4.78, 5) is 0. The lowest BCUT2D eigenvalue weighted by Crippen LogP contribution is -2.20. The highest BCUT2D eigenvalue weighted by atomic mass is 35.5. The predicted molar refractivity (Wildman–Crippen MR) is 53.8 cm³/mol. The van der Waals surface area contributed by atoms with Crippen molar-refractivity contribution in [2.75, 3.05) is 0 Å². The molecule has 0 bridgehead atoms. The molecule has 1 nitrogen and oxygen atoms in total. The second-order valence-corrected chi connectivity index (χ2v) is 3.84. The number of aryl methyl sites for hydroxylation is 1. The number of halogens is 4. The van der Waals surface area contributed by atoms with Crippen molar-refractivity contribution in [2.45, 2.75) is 25.6 Å². The summed E-state index contributed by atoms with van der Waals surface area (Å²) in [7, 11) is 0. The molecular formula is C10H11ClF3N. The topological polar surface area (TPSA) is 26.0 Å². The maximum absolute atomic E-state index is 12.1. The van der Waals surface area contributed by atoms with Gasteiger partial charge in [-0.3, -0.25) is 0 Å². The molecule has 2 N–H and O–H groups in total. The van der Waals surface area contributed by atoms with E-state index in [0.29, 0.717) is 10.6 Å². The van der Waals surface area contributed by atoms with Gasteiger partial charge in [0.2, 0.25) is 0 Å². The Morgan fingerprint density at radius 1 is 1.40 bits per heavy atom. The fraction of sp³-hybridized carbons (Fsp3) is 0.400. The smallest absolute Gasteiger partial charge is 0.324 e. The van der Waals surface area contributed by atoms with E-state index < -0.39 is 18.6 Å². The number of hydrogen-bond donors (Lipinski definition) is 1. The van der Waals surface area contributed by atoms with Crippen LogP contribution < -0.4 is 5.73 Å². The van der Waals surface area contributed by atoms with E-state index in [1.807, 2.05) is 0 Å². The second kappa shape index (κ2) is 4.41. The molecule has 0 heterocycles. The monoisotopic (exact) mass is 237 g/mol. The maximum Gasteiger partial charge on any atom is 0.390 e. The van der Waals surface area contributed by atoms with E-state index in [-0.39, 0.29) is 0 Å². The van der Waals surface area contributed by atoms with Gasteiger partial charge in [0.1, 0.15) is 0 Å². The quantitative estimate of drug-likeness (QED) is 0.836. The van der Waals surface area contributed by atoms with E-state index in [4.69, 9.17) is 17.3 Å². The Labute approximate surface area is 91.0 Å². The van der Waals surface area contributed by atoms with Crippen LogP contribution in [0, 0.1) is 6.92 Å². The third kappa shape index (κ3) is 3.72. The molecule has 15 heavy (non-hydrogen) atoms. The molecule has 0 spiro atoms. The third-order valence-electron chi connectivity index (χ3n) is 2.08. The van der Waals surface area contributed by atoms with Gasteiger partial charge >= 0.3 is 6.18 Å². The Hall–Kier alpha value is -0.740. The standard InChI is InChI=1S/C10H11ClF3N/c1-6-2-3-7(4-8(6)11)9(15)5-10(12,13)14/h2-4,9H,5,15H2,1H3/t9-/m0/s1. The molecular weight excluding hydrogens is 227 g/mol. The minimum atomic E-state index is -4.25. The highest BCUT2D eigenvalue weighted by Gasteiger charge is 2.30. The van der Waals surface area contributed by atoms with Gasteiger partial charge in [0.05, 0.1) is 6.42 Å². The first kappa shape index (κ1) is 12.3. The van der Waals surface area contributed by atoms with Gasteiger partial charge in [-0.1, -0.05) is 23.7 Å². The van der Waals surface area contributed by atoms with Crippen molar-refractivity contribution in [1.82, 2.24) is 0 Å². The van der Waals surface area contributed by atoms with Crippen molar-refractivity contribution >= 4 is 11.6 Å². The van der Waals surface area contributed by atoms with Gasteiger partial charge < -0.3 is 5.73 Å². The molecule has 0 aromatic heterocycles. The van der Waals surface area contributed by atoms with E-state index in [0.717, 1.165) is 5.56 Å². The van der Waals surface area contributed by atoms with Gasteiger partial charge in [0.25, 0.3) is 0 Å². The largest absolute Gasteiger partial charge is 0.390 e. The number of rotatable bonds is 2. The zero-order chi connectivity index (χ0) is 11.6. The minimum Gasteiger partial charge on any atom is -0.324 e. The lowest BCUT2D eigenvalue weighted by atomic mass is 10.0. The van der Waals surface area contributed by atoms with Crippen LogP contribution in [-0.4, -0.2) is 6.18 Å². The number of nitrogens with two attached hydrogens (primary N) is 1. The van der Waals surface area contributed by atoms with E-state index >= 15 is 0 Å². The molecule has 0 radical (unpaired) electrons. The minimum absolute atomic E-state index is 0.405. The summed E-state index contributed by atoms with van der Waals surface area (Å²) in [6.07, 6.45) is -5.29. The molecule has 84 valence electrons. The van der Waals surface area contributed by atoms with E-state index in [1.165, 1.54) is 6.07 Å². The van der Waals surface area contributed by atoms with Crippen LogP contribution >= 0.6 is 11.6 Å². The average molecular weight is 238 g/mol. The summed E-state index contributed by atoms with van der Waals surface area (Å²) in [5.74, 6) is 0. The Morgan fingerprint density at radius 2 is 2.00 bits per heavy atom. The van der Waals surface area contributed by atoms with Crippen molar-refractivity contribution < 1.29 is 13.2 Å². The SMILES string of the molecule is Cc1ccc([C@@H](N)CC(F)(F)F)cc1Cl. The maximum atomic E-state index is 12.1. The second-order valence-electron chi connectivity index (χ2n) is 3.43. The van der Waals surface area contributed by atoms with Crippen LogP contribution in [0.4, 0.5) is 13.2 Å². The molecule has 0 aliphatic rings. The Balaban J connectivity index is 2.83. The summed E-state index contributed by atoms with van der Waals surface area (Å²) in [5, 5.41) is 0.435. The first-order valence-corrected chi connectivity index (χ1v) is 4.76. The van der Waals surface area contributed by atoms with E-state index in [2.05, 4.69) is 0 Å². The van der Waals surface area contributed by atoms with Crippen LogP contribution in [0.3, 0.4) is 0 Å². The summed E-state index contributed by atoms with van der Waals surface area (Å²) < 4.78 is 36.2. The third-order valence-corrected chi connectivity index (χ3v) is 2.48. The van der Waals surface area contributed by atoms with Crippen molar-refractivity contribution in [3.63, 3.8) is 0 Å². The molecule has 1 atom stereocenters. The lowest BCUT2D eigenvalue weighted by molar-refractivity contribution is -0.138. The Kier molecular flexibility index (Phi) is 3.62. The number of benzene rings is 1. The van der Waals surface area contributed by atoms with Gasteiger partial charge in [-0.05, 0) is 24.1 Å². The Morgan fingerprint density at radius 3 is 2.47 bits per heavy atom. The van der Waals surface area contributed by atoms with Gasteiger partial charge in [-0.2, -0.15) is 13.2 Å². The van der Waals surface area contributed by atoms with Gasteiger partial charge in [-0.25, -0.2) is 0 Å². The van der Waals surface area contributed by atoms with Crippen molar-refractivity contribution in [3.8, 4) is 0 Å². The summed E-state index contributed by atoms with van der Waals surface area (Å²) >= 11 is 5.79. The summed E-state index contributed by atoms with van der Waals surface area (Å²) in [5.41, 5.74) is 6.65. The average Bonchev–Trinajstić information content (AvgIpc) is 2.06. The first-order chi connectivity index (χ1) is 6.79. The first-order valence-electron chi connectivity index (χ1n) is 4.38. The molecule has 0 aliphatic carbocycles. The number of hydrogen-bond acceptors (Lipinski definition) is 1. The highest BCUT2D eigenvalue weighted by Crippen LogP contribution is 2.29. The van der Waals surface area contributed by atoms with E-state index in [1.54, 1.807) is 19.1 Å². The molecule has 1 aromatic carbocycles. The molecule has 0 unspecified atom stereocenters. The molecule has 5 heteroatoms. The van der Waals surface area contributed by atoms with Crippen LogP contribution in [0.2, 0.25) is 5.02 Å². The van der Waals surface area contributed by atoms with E-state index in [9.17, 15) is 13.2 Å². The zero-order valence-electron chi connectivity index (χ0n) is 8.11. The number of alkyl halides is 3. The Bertz CT molecular complexity index is 349. The van der Waals surface area contributed by atoms with Gasteiger partial charge in [0.15, 0.2) is 0 Å². The van der Waals surface area contributed by atoms with Gasteiger partial charge in [-0.15, -0.1) is 0 Å². The lowest BCUT2D eigenvalue weighted by Gasteiger charge is -2.15. The molecule has 0 amide bonds. The molecule has 1 aromatic rings. The molecule has 1 rings (SSSR count). The normalized spacial score (nSPS) is 14.0. The van der Waals surface area contributed by atoms with Crippen LogP contribution in [0.5, 0.6) is 0 Å². The predicted octanol–water partition coefficient (Wildman–Crippen LogP) is 3.60. The van der Waals surface area contributed by atoms with Gasteiger partial charge in [0, 0.05) is 11.1 Å². The van der Waals surface area contributed by atoms with Crippen LogP contribution in [0.25, 0.3) is 0 Å². The van der Waals surface area contributed by atoms with Crippen molar-refractivity contribution in [3.05, 3.63) is 34.3 Å². The molecule has 0 saturated carbocycles. The van der Waals surface area contributed by atoms with Crippen LogP contribution in [-0.2, 0) is 0 Å². The summed E-state index contributed by atoms with van der Waals surface area (Å²) in [6, 6.07) is 3.65. The van der Waals surface area contributed by atoms with Crippen LogP contribution in [0.15, 0.2) is 18.2 Å². The molecule has 0 fully saturated rings. The van der Waals surface area contributed by atoms with Crippen molar-refractivity contribution in [1.29, 1.82) is 0 Å². The molecule has 0 saturated heterocycles. The fourth-order valence-corrected chi connectivity index (χ4v) is 1.40. The highest BCUT2D eigenvalue weighted by molar-refractivity contribution is 6.31. The molecule has 0 aliphatic heterocycles. The van der Waals surface area contributed by atoms with Crippen molar-refractivity contribution in [2.24, 2.45) is 5.73 Å². The van der Waals surface area contributed by atoms with Crippen LogP contribution in [0.1, 0.15) is 23.6 Å². The zero-order valence-corrected chi connectivity index (χ0v) is 8.86.